The lowest BCUT2D eigenvalue weighted by Crippen LogP contribution is -2.24. The number of carbonyl (C=O) groups excluding carboxylic acids is 2. The quantitative estimate of drug-likeness (QED) is 0.741. The van der Waals surface area contributed by atoms with Gasteiger partial charge in [-0.15, -0.1) is 0 Å². The Labute approximate surface area is 167 Å². The van der Waals surface area contributed by atoms with Gasteiger partial charge in [-0.25, -0.2) is 4.39 Å². The Morgan fingerprint density at radius 1 is 1.28 bits per heavy atom. The number of carbonyl (C=O) groups is 2. The molecular weight excluding hydrogens is 373 g/mol. The molecule has 1 aliphatic rings. The van der Waals surface area contributed by atoms with Crippen molar-refractivity contribution < 1.29 is 19.1 Å². The molecule has 4 rings (SSSR count). The zero-order valence-electron chi connectivity index (χ0n) is 16.4. The summed E-state index contributed by atoms with van der Waals surface area (Å²) < 4.78 is 13.2. The third-order valence-corrected chi connectivity index (χ3v) is 5.33. The van der Waals surface area contributed by atoms with Crippen molar-refractivity contribution in [3.63, 3.8) is 0 Å². The maximum absolute atomic E-state index is 13.2. The smallest absolute Gasteiger partial charge is 0.258 e. The summed E-state index contributed by atoms with van der Waals surface area (Å²) >= 11 is 0. The molecule has 29 heavy (non-hydrogen) atoms. The van der Waals surface area contributed by atoms with Crippen molar-refractivity contribution in [2.75, 3.05) is 19.0 Å². The summed E-state index contributed by atoms with van der Waals surface area (Å²) in [5.41, 5.74) is 3.42. The van der Waals surface area contributed by atoms with Gasteiger partial charge in [0.1, 0.15) is 11.3 Å². The molecule has 0 radical (unpaired) electrons. The predicted octanol–water partition coefficient (Wildman–Crippen LogP) is 3.24. The number of amides is 2. The average Bonchev–Trinajstić information content (AvgIpc) is 2.98. The lowest BCUT2D eigenvalue weighted by molar-refractivity contribution is -0.116. The van der Waals surface area contributed by atoms with Crippen molar-refractivity contribution in [3.8, 4) is 5.75 Å². The van der Waals surface area contributed by atoms with E-state index < -0.39 is 0 Å². The van der Waals surface area contributed by atoms with Crippen LogP contribution in [0.4, 0.5) is 10.1 Å². The fourth-order valence-corrected chi connectivity index (χ4v) is 3.78. The summed E-state index contributed by atoms with van der Waals surface area (Å²) in [5, 5.41) is 11.4. The average molecular weight is 393 g/mol. The highest BCUT2D eigenvalue weighted by Gasteiger charge is 2.34. The molecule has 1 N–H and O–H groups in total. The van der Waals surface area contributed by atoms with Crippen molar-refractivity contribution in [2.24, 2.45) is 0 Å². The second-order valence-electron chi connectivity index (χ2n) is 7.33. The minimum Gasteiger partial charge on any atom is -0.505 e. The van der Waals surface area contributed by atoms with E-state index in [1.54, 1.807) is 32.4 Å². The number of aromatic hydroxyl groups is 1. The number of phenols is 1. The molecule has 2 amide bonds. The number of halogens is 1. The molecule has 0 bridgehead atoms. The molecule has 1 aromatic heterocycles. The molecule has 0 saturated heterocycles. The van der Waals surface area contributed by atoms with Crippen LogP contribution in [0.5, 0.6) is 5.75 Å². The predicted molar refractivity (Wildman–Crippen MR) is 107 cm³/mol. The van der Waals surface area contributed by atoms with Crippen molar-refractivity contribution in [3.05, 3.63) is 64.6 Å². The van der Waals surface area contributed by atoms with E-state index in [9.17, 15) is 19.1 Å². The molecule has 0 saturated carbocycles. The van der Waals surface area contributed by atoms with Crippen LogP contribution >= 0.6 is 0 Å². The van der Waals surface area contributed by atoms with Crippen LogP contribution in [0.1, 0.15) is 34.0 Å². The number of anilines is 1. The second kappa shape index (κ2) is 6.84. The van der Waals surface area contributed by atoms with E-state index in [1.165, 1.54) is 28.9 Å². The Bertz CT molecular complexity index is 1160. The van der Waals surface area contributed by atoms with E-state index in [-0.39, 0.29) is 34.5 Å². The van der Waals surface area contributed by atoms with E-state index in [0.29, 0.717) is 29.6 Å². The second-order valence-corrected chi connectivity index (χ2v) is 7.33. The van der Waals surface area contributed by atoms with Crippen LogP contribution in [0.15, 0.2) is 36.5 Å². The molecule has 3 aromatic rings. The highest BCUT2D eigenvalue weighted by atomic mass is 19.1. The molecular formula is C22H20FN3O3. The number of hydrogen-bond acceptors (Lipinski definition) is 4. The number of phenolic OH excluding ortho intramolecular Hbond substituents is 1. The molecule has 0 unspecified atom stereocenters. The molecule has 7 heteroatoms. The molecule has 1 aliphatic heterocycles. The van der Waals surface area contributed by atoms with Gasteiger partial charge < -0.3 is 14.9 Å². The molecule has 148 valence electrons. The molecule has 6 nitrogen and oxygen atoms in total. The van der Waals surface area contributed by atoms with Crippen LogP contribution in [0.3, 0.4) is 0 Å². The van der Waals surface area contributed by atoms with E-state index >= 15 is 0 Å². The number of rotatable bonds is 3. The summed E-state index contributed by atoms with van der Waals surface area (Å²) in [6.07, 6.45) is 2.14. The van der Waals surface area contributed by atoms with Crippen LogP contribution < -0.4 is 4.90 Å². The maximum Gasteiger partial charge on any atom is 0.258 e. The molecule has 0 aliphatic carbocycles. The Balaban J connectivity index is 1.93. The van der Waals surface area contributed by atoms with Gasteiger partial charge in [-0.2, -0.15) is 0 Å². The largest absolute Gasteiger partial charge is 0.505 e. The minimum atomic E-state index is -0.301. The van der Waals surface area contributed by atoms with Gasteiger partial charge in [0.25, 0.3) is 5.91 Å². The highest BCUT2D eigenvalue weighted by molar-refractivity contribution is 6.13. The Morgan fingerprint density at radius 2 is 1.97 bits per heavy atom. The third-order valence-electron chi connectivity index (χ3n) is 5.33. The molecule has 0 fully saturated rings. The summed E-state index contributed by atoms with van der Waals surface area (Å²) in [7, 11) is 3.29. The van der Waals surface area contributed by atoms with Crippen LogP contribution in [0.2, 0.25) is 0 Å². The van der Waals surface area contributed by atoms with Crippen LogP contribution in [0.25, 0.3) is 10.9 Å². The lowest BCUT2D eigenvalue weighted by atomic mass is 9.98. The zero-order chi connectivity index (χ0) is 20.9. The Morgan fingerprint density at radius 3 is 2.62 bits per heavy atom. The molecule has 2 aromatic carbocycles. The fraction of sp³-hybridized carbons (Fsp3) is 0.227. The maximum atomic E-state index is 13.2. The van der Waals surface area contributed by atoms with Gasteiger partial charge in [0.15, 0.2) is 5.75 Å². The first-order valence-electron chi connectivity index (χ1n) is 9.18. The summed E-state index contributed by atoms with van der Waals surface area (Å²) in [6, 6.07) is 8.08. The van der Waals surface area contributed by atoms with Crippen molar-refractivity contribution in [2.45, 2.75) is 19.9 Å². The lowest BCUT2D eigenvalue weighted by Gasteiger charge is -2.22. The van der Waals surface area contributed by atoms with Crippen LogP contribution in [0, 0.1) is 5.82 Å². The number of fused-ring (bicyclic) bond motifs is 2. The zero-order valence-corrected chi connectivity index (χ0v) is 16.4. The topological polar surface area (TPSA) is 73.7 Å². The van der Waals surface area contributed by atoms with Gasteiger partial charge in [0, 0.05) is 44.7 Å². The van der Waals surface area contributed by atoms with Crippen molar-refractivity contribution in [1.82, 2.24) is 9.88 Å². The fourth-order valence-electron chi connectivity index (χ4n) is 3.78. The molecule has 0 spiro atoms. The van der Waals surface area contributed by atoms with Gasteiger partial charge >= 0.3 is 0 Å². The first-order chi connectivity index (χ1) is 13.8. The van der Waals surface area contributed by atoms with E-state index in [0.717, 1.165) is 11.1 Å². The standard InChI is InChI=1S/C22H20FN3O3/c1-12(27)26(3)20-16-9-14(8-13-4-6-15(23)7-5-13)10-24-19(16)21(28)18-17(20)11-25(2)22(18)29/h4-7,9-10,28H,8,11H2,1-3H3. The van der Waals surface area contributed by atoms with E-state index in [2.05, 4.69) is 4.98 Å². The van der Waals surface area contributed by atoms with E-state index in [4.69, 9.17) is 0 Å². The van der Waals surface area contributed by atoms with E-state index in [1.807, 2.05) is 6.07 Å². The first-order valence-corrected chi connectivity index (χ1v) is 9.18. The van der Waals surface area contributed by atoms with Crippen molar-refractivity contribution >= 4 is 28.4 Å². The number of aromatic nitrogens is 1. The van der Waals surface area contributed by atoms with Gasteiger partial charge in [0.05, 0.1) is 11.3 Å². The number of nitrogens with zero attached hydrogens (tertiary/aromatic N) is 3. The number of hydrogen-bond donors (Lipinski definition) is 1. The van der Waals surface area contributed by atoms with Gasteiger partial charge in [-0.05, 0) is 35.7 Å². The SMILES string of the molecule is CC(=O)N(C)c1c2c(c(O)c3ncc(Cc4ccc(F)cc4)cc13)C(=O)N(C)C2. The molecule has 2 heterocycles. The highest BCUT2D eigenvalue weighted by Crippen LogP contribution is 2.43. The number of benzene rings is 2. The number of pyridine rings is 1. The van der Waals surface area contributed by atoms with Gasteiger partial charge in [-0.1, -0.05) is 12.1 Å². The van der Waals surface area contributed by atoms with Gasteiger partial charge in [-0.3, -0.25) is 14.6 Å². The Hall–Kier alpha value is -3.48. The van der Waals surface area contributed by atoms with Crippen LogP contribution in [-0.4, -0.2) is 40.9 Å². The third kappa shape index (κ3) is 3.08. The normalized spacial score (nSPS) is 13.1. The van der Waals surface area contributed by atoms with Crippen LogP contribution in [-0.2, 0) is 17.8 Å². The summed E-state index contributed by atoms with van der Waals surface area (Å²) in [6.45, 7) is 1.74. The summed E-state index contributed by atoms with van der Waals surface area (Å²) in [4.78, 5) is 32.1. The Kier molecular flexibility index (Phi) is 4.45. The van der Waals surface area contributed by atoms with Gasteiger partial charge in [0.2, 0.25) is 5.91 Å². The monoisotopic (exact) mass is 393 g/mol. The first kappa shape index (κ1) is 18.9. The molecule has 0 atom stereocenters. The minimum absolute atomic E-state index is 0.168. The van der Waals surface area contributed by atoms with Crippen molar-refractivity contribution in [1.29, 1.82) is 0 Å². The summed E-state index contributed by atoms with van der Waals surface area (Å²) in [5.74, 6) is -0.955.